The molecule has 0 spiro atoms. The number of likely N-dealkylation sites (tertiary alicyclic amines) is 1. The highest BCUT2D eigenvalue weighted by Gasteiger charge is 2.41. The van der Waals surface area contributed by atoms with E-state index < -0.39 is 18.2 Å². The van der Waals surface area contributed by atoms with Crippen LogP contribution in [0.25, 0.3) is 0 Å². The van der Waals surface area contributed by atoms with Gasteiger partial charge in [-0.05, 0) is 32.2 Å². The molecule has 2 heterocycles. The fourth-order valence-corrected chi connectivity index (χ4v) is 2.95. The molecule has 3 atom stereocenters. The third kappa shape index (κ3) is 5.73. The fraction of sp³-hybridized carbons (Fsp3) is 1.00. The van der Waals surface area contributed by atoms with Gasteiger partial charge < -0.3 is 19.5 Å². The van der Waals surface area contributed by atoms with Crippen molar-refractivity contribution in [3.05, 3.63) is 0 Å². The molecule has 2 saturated heterocycles. The normalized spacial score (nSPS) is 29.7. The Labute approximate surface area is 123 Å². The topological polar surface area (TPSA) is 41.9 Å². The van der Waals surface area contributed by atoms with Gasteiger partial charge in [0.25, 0.3) is 0 Å². The molecule has 21 heavy (non-hydrogen) atoms. The lowest BCUT2D eigenvalue weighted by Gasteiger charge is -2.34. The summed E-state index contributed by atoms with van der Waals surface area (Å²) in [6, 6.07) is 0. The maximum absolute atomic E-state index is 12.7. The zero-order valence-electron chi connectivity index (χ0n) is 12.1. The minimum absolute atomic E-state index is 0.0215. The van der Waals surface area contributed by atoms with Crippen molar-refractivity contribution in [3.8, 4) is 0 Å². The first-order chi connectivity index (χ1) is 9.95. The van der Waals surface area contributed by atoms with Crippen LogP contribution < -0.4 is 0 Å². The maximum Gasteiger partial charge on any atom is 0.393 e. The van der Waals surface area contributed by atoms with Gasteiger partial charge in [0.1, 0.15) is 0 Å². The number of piperidine rings is 1. The van der Waals surface area contributed by atoms with Crippen LogP contribution in [0.5, 0.6) is 0 Å². The first kappa shape index (κ1) is 17.0. The van der Waals surface area contributed by atoms with Crippen LogP contribution in [-0.4, -0.2) is 67.8 Å². The van der Waals surface area contributed by atoms with Crippen molar-refractivity contribution in [2.45, 2.75) is 44.1 Å². The molecule has 0 aromatic rings. The fourth-order valence-electron chi connectivity index (χ4n) is 2.95. The zero-order valence-corrected chi connectivity index (χ0v) is 12.1. The van der Waals surface area contributed by atoms with E-state index >= 15 is 0 Å². The predicted molar refractivity (Wildman–Crippen MR) is 71.0 cm³/mol. The van der Waals surface area contributed by atoms with Crippen molar-refractivity contribution < 1.29 is 27.8 Å². The lowest BCUT2D eigenvalue weighted by Crippen LogP contribution is -2.45. The van der Waals surface area contributed by atoms with Crippen molar-refractivity contribution in [2.75, 3.05) is 39.5 Å². The van der Waals surface area contributed by atoms with Gasteiger partial charge in [0.15, 0.2) is 0 Å². The van der Waals surface area contributed by atoms with E-state index in [1.165, 1.54) is 0 Å². The van der Waals surface area contributed by atoms with Gasteiger partial charge in [-0.3, -0.25) is 0 Å². The summed E-state index contributed by atoms with van der Waals surface area (Å²) in [6.45, 7) is 2.16. The summed E-state index contributed by atoms with van der Waals surface area (Å²) in [5.41, 5.74) is 0. The highest BCUT2D eigenvalue weighted by molar-refractivity contribution is 4.79. The summed E-state index contributed by atoms with van der Waals surface area (Å²) in [7, 11) is 0. The van der Waals surface area contributed by atoms with E-state index in [4.69, 9.17) is 9.47 Å². The predicted octanol–water partition coefficient (Wildman–Crippen LogP) is 1.82. The number of aliphatic hydroxyl groups is 1. The Morgan fingerprint density at radius 3 is 2.76 bits per heavy atom. The van der Waals surface area contributed by atoms with Crippen LogP contribution in [0.4, 0.5) is 13.2 Å². The first-order valence-electron chi connectivity index (χ1n) is 7.61. The minimum Gasteiger partial charge on any atom is -0.389 e. The number of alkyl halides is 3. The molecule has 2 aliphatic rings. The summed E-state index contributed by atoms with van der Waals surface area (Å²) < 4.78 is 48.9. The van der Waals surface area contributed by atoms with Crippen molar-refractivity contribution in [2.24, 2.45) is 5.92 Å². The van der Waals surface area contributed by atoms with Crippen LogP contribution in [0.1, 0.15) is 25.7 Å². The quantitative estimate of drug-likeness (QED) is 0.812. The number of hydrogen-bond donors (Lipinski definition) is 1. The Morgan fingerprint density at radius 1 is 1.29 bits per heavy atom. The molecule has 0 saturated carbocycles. The maximum atomic E-state index is 12.7. The molecule has 124 valence electrons. The average molecular weight is 311 g/mol. The molecular formula is C14H24F3NO3. The van der Waals surface area contributed by atoms with Gasteiger partial charge in [0.05, 0.1) is 31.3 Å². The molecule has 0 aromatic carbocycles. The van der Waals surface area contributed by atoms with Gasteiger partial charge in [0.2, 0.25) is 0 Å². The van der Waals surface area contributed by atoms with Gasteiger partial charge in [-0.25, -0.2) is 0 Å². The Morgan fingerprint density at radius 2 is 2.10 bits per heavy atom. The van der Waals surface area contributed by atoms with Gasteiger partial charge in [-0.1, -0.05) is 0 Å². The van der Waals surface area contributed by atoms with E-state index in [-0.39, 0.29) is 32.2 Å². The van der Waals surface area contributed by atoms with Crippen LogP contribution in [0.15, 0.2) is 0 Å². The third-order valence-electron chi connectivity index (χ3n) is 4.08. The minimum atomic E-state index is -4.14. The van der Waals surface area contributed by atoms with Crippen LogP contribution in [0.2, 0.25) is 0 Å². The van der Waals surface area contributed by atoms with E-state index in [1.807, 2.05) is 0 Å². The van der Waals surface area contributed by atoms with E-state index in [9.17, 15) is 18.3 Å². The molecule has 0 aliphatic carbocycles. The molecule has 1 N–H and O–H groups in total. The number of halogens is 3. The first-order valence-corrected chi connectivity index (χ1v) is 7.61. The number of ether oxygens (including phenoxy) is 2. The lowest BCUT2D eigenvalue weighted by molar-refractivity contribution is -0.187. The number of hydrogen-bond acceptors (Lipinski definition) is 4. The largest absolute Gasteiger partial charge is 0.393 e. The molecule has 2 fully saturated rings. The molecule has 2 aliphatic heterocycles. The van der Waals surface area contributed by atoms with Crippen LogP contribution in [0, 0.1) is 5.92 Å². The van der Waals surface area contributed by atoms with Gasteiger partial charge in [-0.2, -0.15) is 13.2 Å². The number of rotatable bonds is 6. The average Bonchev–Trinajstić information content (AvgIpc) is 2.91. The molecule has 4 nitrogen and oxygen atoms in total. The second kappa shape index (κ2) is 7.76. The monoisotopic (exact) mass is 311 g/mol. The molecule has 0 bridgehead atoms. The smallest absolute Gasteiger partial charge is 0.389 e. The van der Waals surface area contributed by atoms with Crippen LogP contribution in [-0.2, 0) is 9.47 Å². The second-order valence-electron chi connectivity index (χ2n) is 5.97. The lowest BCUT2D eigenvalue weighted by atomic mass is 9.97. The summed E-state index contributed by atoms with van der Waals surface area (Å²) in [5.74, 6) is -1.27. The van der Waals surface area contributed by atoms with E-state index in [0.29, 0.717) is 19.6 Å². The number of nitrogens with zero attached hydrogens (tertiary/aromatic N) is 1. The van der Waals surface area contributed by atoms with Gasteiger partial charge >= 0.3 is 6.18 Å². The van der Waals surface area contributed by atoms with E-state index in [0.717, 1.165) is 19.4 Å². The second-order valence-corrected chi connectivity index (χ2v) is 5.97. The van der Waals surface area contributed by atoms with Crippen molar-refractivity contribution >= 4 is 0 Å². The highest BCUT2D eigenvalue weighted by atomic mass is 19.4. The summed E-state index contributed by atoms with van der Waals surface area (Å²) in [5, 5.41) is 9.88. The Kier molecular flexibility index (Phi) is 6.28. The molecule has 0 amide bonds. The number of aliphatic hydroxyl groups excluding tert-OH is 1. The van der Waals surface area contributed by atoms with Gasteiger partial charge in [-0.15, -0.1) is 0 Å². The molecule has 0 unspecified atom stereocenters. The van der Waals surface area contributed by atoms with Crippen molar-refractivity contribution in [1.82, 2.24) is 4.90 Å². The van der Waals surface area contributed by atoms with Gasteiger partial charge in [0, 0.05) is 19.7 Å². The highest BCUT2D eigenvalue weighted by Crippen LogP contribution is 2.33. The summed E-state index contributed by atoms with van der Waals surface area (Å²) in [4.78, 5) is 1.68. The molecule has 0 radical (unpaired) electrons. The molecule has 7 heteroatoms. The zero-order chi connectivity index (χ0) is 15.3. The van der Waals surface area contributed by atoms with Crippen LogP contribution >= 0.6 is 0 Å². The van der Waals surface area contributed by atoms with E-state index in [2.05, 4.69) is 0 Å². The Hall–Kier alpha value is -0.370. The third-order valence-corrected chi connectivity index (χ3v) is 4.08. The number of β-amino-alcohol motifs (C(OH)–C–C–N with tert-alkyl or cyclic N) is 1. The van der Waals surface area contributed by atoms with E-state index in [1.54, 1.807) is 4.90 Å². The molecule has 0 aromatic heterocycles. The summed E-state index contributed by atoms with van der Waals surface area (Å²) >= 11 is 0. The SMILES string of the molecule is O[C@H](COC[C@H]1CCCO1)CN1CCC[C@H](C(F)(F)F)C1. The molecule has 2 rings (SSSR count). The van der Waals surface area contributed by atoms with Crippen molar-refractivity contribution in [1.29, 1.82) is 0 Å². The Bertz CT molecular complexity index is 308. The Balaban J connectivity index is 1.63. The molecular weight excluding hydrogens is 287 g/mol. The standard InChI is InChI=1S/C14H24F3NO3/c15-14(16,17)11-3-1-5-18(7-11)8-12(19)9-20-10-13-4-2-6-21-13/h11-13,19H,1-10H2/t11-,12-,13+/m0/s1. The van der Waals surface area contributed by atoms with Crippen LogP contribution in [0.3, 0.4) is 0 Å². The van der Waals surface area contributed by atoms with Crippen molar-refractivity contribution in [3.63, 3.8) is 0 Å². The summed E-state index contributed by atoms with van der Waals surface area (Å²) in [6.07, 6.45) is -2.09.